The van der Waals surface area contributed by atoms with Crippen LogP contribution >= 0.6 is 0 Å². The summed E-state index contributed by atoms with van der Waals surface area (Å²) >= 11 is 0. The average Bonchev–Trinajstić information content (AvgIpc) is 3.76. The van der Waals surface area contributed by atoms with E-state index in [1.807, 2.05) is 60.8 Å². The van der Waals surface area contributed by atoms with Gasteiger partial charge in [0.2, 0.25) is 5.69 Å². The molecule has 0 amide bonds. The first-order chi connectivity index (χ1) is 25.3. The van der Waals surface area contributed by atoms with E-state index < -0.39 is 22.9 Å². The topological polar surface area (TPSA) is 56.3 Å². The third kappa shape index (κ3) is 4.06. The summed E-state index contributed by atoms with van der Waals surface area (Å²) in [4.78, 5) is 9.53. The number of fused-ring (bicyclic) bond motifs is 14. The molecule has 1 spiro atoms. The molecule has 3 aromatic carbocycles. The Kier molecular flexibility index (Phi) is 6.42. The Morgan fingerprint density at radius 1 is 0.788 bits per heavy atom. The predicted octanol–water partition coefficient (Wildman–Crippen LogP) is 8.53. The zero-order valence-electron chi connectivity index (χ0n) is 28.6. The Bertz CT molecular complexity index is 2730. The quantitative estimate of drug-likeness (QED) is 0.175. The smallest absolute Gasteiger partial charge is 0.309 e. The van der Waals surface area contributed by atoms with Gasteiger partial charge in [0, 0.05) is 59.5 Å². The van der Waals surface area contributed by atoms with E-state index in [2.05, 4.69) is 80.1 Å². The second kappa shape index (κ2) is 10.8. The van der Waals surface area contributed by atoms with Gasteiger partial charge in [-0.2, -0.15) is 22.8 Å². The van der Waals surface area contributed by atoms with Gasteiger partial charge in [0.25, 0.3) is 0 Å². The van der Waals surface area contributed by atoms with Crippen molar-refractivity contribution in [1.29, 1.82) is 0 Å². The molecule has 0 radical (unpaired) electrons. The molecule has 2 aliphatic heterocycles. The highest BCUT2D eigenvalue weighted by molar-refractivity contribution is 6.16. The van der Waals surface area contributed by atoms with Gasteiger partial charge in [-0.25, -0.2) is 14.2 Å². The largest absolute Gasteiger partial charge is 0.435 e. The van der Waals surface area contributed by atoms with Gasteiger partial charge in [0.15, 0.2) is 29.1 Å². The first-order valence-electron chi connectivity index (χ1n) is 17.7. The highest BCUT2D eigenvalue weighted by Crippen LogP contribution is 2.52. The fourth-order valence-electron chi connectivity index (χ4n) is 9.29. The molecule has 0 N–H and O–H groups in total. The first kappa shape index (κ1) is 30.9. The van der Waals surface area contributed by atoms with Crippen LogP contribution in [0.1, 0.15) is 44.4 Å². The van der Waals surface area contributed by atoms with Crippen LogP contribution in [-0.4, -0.2) is 24.3 Å². The monoisotopic (exact) mass is 693 g/mol. The minimum Gasteiger partial charge on any atom is -0.309 e. The lowest BCUT2D eigenvalue weighted by atomic mass is 9.71. The first-order valence-corrected chi connectivity index (χ1v) is 17.7. The van der Waals surface area contributed by atoms with Crippen LogP contribution in [0.5, 0.6) is 0 Å². The van der Waals surface area contributed by atoms with Crippen molar-refractivity contribution in [1.82, 2.24) is 24.3 Å². The molecule has 1 unspecified atom stereocenters. The van der Waals surface area contributed by atoms with Crippen LogP contribution in [0.15, 0.2) is 122 Å². The molecule has 5 aromatic heterocycles. The van der Waals surface area contributed by atoms with Gasteiger partial charge in [-0.3, -0.25) is 0 Å². The molecule has 1 atom stereocenters. The molecule has 0 bridgehead atoms. The number of benzene rings is 3. The summed E-state index contributed by atoms with van der Waals surface area (Å²) < 4.78 is 52.7. The molecule has 52 heavy (non-hydrogen) atoms. The molecule has 0 saturated heterocycles. The van der Waals surface area contributed by atoms with Gasteiger partial charge in [-0.1, -0.05) is 56.3 Å². The molecular weight excluding hydrogens is 660 g/mol. The van der Waals surface area contributed by atoms with E-state index in [0.717, 1.165) is 57.2 Å². The van der Waals surface area contributed by atoms with Crippen molar-refractivity contribution in [2.24, 2.45) is 0 Å². The number of alkyl halides is 3. The summed E-state index contributed by atoms with van der Waals surface area (Å²) in [5, 5.41) is 6.65. The van der Waals surface area contributed by atoms with E-state index in [4.69, 9.17) is 4.98 Å². The van der Waals surface area contributed by atoms with E-state index in [9.17, 15) is 13.2 Å². The molecule has 0 aliphatic carbocycles. The lowest BCUT2D eigenvalue weighted by Crippen LogP contribution is -2.62. The number of rotatable bonds is 3. The third-order valence-corrected chi connectivity index (χ3v) is 11.7. The summed E-state index contributed by atoms with van der Waals surface area (Å²) in [7, 11) is 0. The van der Waals surface area contributed by atoms with Crippen LogP contribution in [0, 0.1) is 0 Å². The minimum atomic E-state index is -4.64. The summed E-state index contributed by atoms with van der Waals surface area (Å²) in [5.74, 6) is 0. The Morgan fingerprint density at radius 2 is 1.56 bits per heavy atom. The molecule has 2 aliphatic rings. The van der Waals surface area contributed by atoms with Crippen molar-refractivity contribution in [2.75, 3.05) is 0 Å². The predicted molar refractivity (Wildman–Crippen MR) is 193 cm³/mol. The normalized spacial score (nSPS) is 17.6. The molecule has 256 valence electrons. The van der Waals surface area contributed by atoms with E-state index in [1.54, 1.807) is 17.1 Å². The SMILES string of the molecule is CCC1(CC)CC2(C[n+]3c(ccc4nccnc43)-c3c2ccc2c3c3ccccc3n2-c2ccccc2)n2nc(C(F)(F)F)cc2-c2cccc[n+]21. The van der Waals surface area contributed by atoms with Gasteiger partial charge < -0.3 is 4.57 Å². The van der Waals surface area contributed by atoms with Crippen LogP contribution in [0.4, 0.5) is 13.2 Å². The molecule has 7 heterocycles. The zero-order valence-corrected chi connectivity index (χ0v) is 28.6. The second-order valence-corrected chi connectivity index (χ2v) is 14.1. The van der Waals surface area contributed by atoms with Crippen molar-refractivity contribution in [3.63, 3.8) is 0 Å². The number of hydrogen-bond donors (Lipinski definition) is 0. The zero-order chi connectivity index (χ0) is 35.4. The summed E-state index contributed by atoms with van der Waals surface area (Å²) in [6.07, 6.45) is 2.77. The maximum atomic E-state index is 14.8. The standard InChI is InChI=1S/C42H34F3N7/c1-3-40(4-2)25-41(52-35(24-36(48-52)42(43,44)45)32-16-10-11-23-50(32)40)26-49-33(20-18-30-39(49)47-22-21-46-30)38-29(41)17-19-34-37(38)28-14-8-9-15-31(28)51(34)27-12-6-5-7-13-27/h5-24H,3-4,25-26H2,1-2H3/q+2. The van der Waals surface area contributed by atoms with E-state index >= 15 is 0 Å². The summed E-state index contributed by atoms with van der Waals surface area (Å²) in [6, 6.07) is 34.1. The Balaban J connectivity index is 1.42. The van der Waals surface area contributed by atoms with Gasteiger partial charge in [-0.15, -0.1) is 0 Å². The second-order valence-electron chi connectivity index (χ2n) is 14.1. The lowest BCUT2D eigenvalue weighted by Gasteiger charge is -2.41. The van der Waals surface area contributed by atoms with E-state index in [0.29, 0.717) is 35.5 Å². The average molecular weight is 694 g/mol. The van der Waals surface area contributed by atoms with Gasteiger partial charge in [0.05, 0.1) is 17.2 Å². The number of pyridine rings is 2. The Morgan fingerprint density at radius 3 is 2.37 bits per heavy atom. The summed E-state index contributed by atoms with van der Waals surface area (Å²) in [5.41, 5.74) is 6.04. The number of halogens is 3. The van der Waals surface area contributed by atoms with Crippen LogP contribution in [0.3, 0.4) is 0 Å². The van der Waals surface area contributed by atoms with E-state index in [-0.39, 0.29) is 0 Å². The third-order valence-electron chi connectivity index (χ3n) is 11.7. The number of para-hydroxylation sites is 2. The molecular formula is C42H34F3N7+2. The molecule has 0 saturated carbocycles. The van der Waals surface area contributed by atoms with Crippen LogP contribution in [-0.2, 0) is 23.8 Å². The molecule has 10 rings (SSSR count). The maximum absolute atomic E-state index is 14.8. The highest BCUT2D eigenvalue weighted by Gasteiger charge is 2.58. The number of aromatic nitrogens is 7. The Labute approximate surface area is 297 Å². The molecule has 7 nitrogen and oxygen atoms in total. The molecule has 8 aromatic rings. The van der Waals surface area contributed by atoms with Crippen molar-refractivity contribution in [3.05, 3.63) is 133 Å². The van der Waals surface area contributed by atoms with Crippen LogP contribution < -0.4 is 9.13 Å². The maximum Gasteiger partial charge on any atom is 0.435 e. The Hall–Kier alpha value is -5.90. The van der Waals surface area contributed by atoms with E-state index in [1.165, 1.54) is 6.07 Å². The van der Waals surface area contributed by atoms with Crippen LogP contribution in [0.2, 0.25) is 0 Å². The minimum absolute atomic E-state index is 0.316. The lowest BCUT2D eigenvalue weighted by molar-refractivity contribution is -0.760. The molecule has 10 heteroatoms. The van der Waals surface area contributed by atoms with Crippen molar-refractivity contribution in [3.8, 4) is 28.3 Å². The van der Waals surface area contributed by atoms with Crippen molar-refractivity contribution in [2.45, 2.75) is 56.9 Å². The summed E-state index contributed by atoms with van der Waals surface area (Å²) in [6.45, 7) is 4.67. The molecule has 0 fully saturated rings. The van der Waals surface area contributed by atoms with Gasteiger partial charge >= 0.3 is 11.8 Å². The van der Waals surface area contributed by atoms with Crippen molar-refractivity contribution < 1.29 is 22.3 Å². The number of hydrogen-bond acceptors (Lipinski definition) is 3. The van der Waals surface area contributed by atoms with Gasteiger partial charge in [0.1, 0.15) is 23.5 Å². The highest BCUT2D eigenvalue weighted by atomic mass is 19.4. The van der Waals surface area contributed by atoms with Crippen molar-refractivity contribution >= 4 is 33.0 Å². The fourth-order valence-corrected chi connectivity index (χ4v) is 9.29. The fraction of sp³-hybridized carbons (Fsp3) is 0.214. The number of nitrogens with zero attached hydrogens (tertiary/aromatic N) is 7. The van der Waals surface area contributed by atoms with Crippen LogP contribution in [0.25, 0.3) is 61.3 Å². The van der Waals surface area contributed by atoms with Gasteiger partial charge in [-0.05, 0) is 53.0 Å².